The SMILES string of the molecule is NC(=O)COc1ccc(CN2CCC(N)(C(=O)O)C2)cc1. The average molecular weight is 293 g/mol. The van der Waals surface area contributed by atoms with Crippen LogP contribution in [-0.4, -0.2) is 47.1 Å². The molecule has 21 heavy (non-hydrogen) atoms. The van der Waals surface area contributed by atoms with Crippen LogP contribution in [0.25, 0.3) is 0 Å². The van der Waals surface area contributed by atoms with E-state index in [-0.39, 0.29) is 6.61 Å². The molecule has 1 amide bonds. The lowest BCUT2D eigenvalue weighted by Crippen LogP contribution is -2.50. The number of rotatable bonds is 6. The van der Waals surface area contributed by atoms with Gasteiger partial charge in [-0.1, -0.05) is 12.1 Å². The molecule has 2 rings (SSSR count). The van der Waals surface area contributed by atoms with E-state index in [0.29, 0.717) is 31.8 Å². The monoisotopic (exact) mass is 293 g/mol. The third kappa shape index (κ3) is 3.93. The number of benzene rings is 1. The molecule has 0 radical (unpaired) electrons. The van der Waals surface area contributed by atoms with Gasteiger partial charge in [0.05, 0.1) is 0 Å². The molecule has 1 aliphatic heterocycles. The van der Waals surface area contributed by atoms with Crippen molar-refractivity contribution in [1.29, 1.82) is 0 Å². The highest BCUT2D eigenvalue weighted by Crippen LogP contribution is 2.22. The maximum Gasteiger partial charge on any atom is 0.325 e. The molecular weight excluding hydrogens is 274 g/mol. The first-order valence-corrected chi connectivity index (χ1v) is 6.64. The van der Waals surface area contributed by atoms with Gasteiger partial charge in [0, 0.05) is 19.6 Å². The summed E-state index contributed by atoms with van der Waals surface area (Å²) >= 11 is 0. The molecule has 5 N–H and O–H groups in total. The lowest BCUT2D eigenvalue weighted by atomic mass is 10.0. The number of nitrogens with two attached hydrogens (primary N) is 2. The molecule has 1 fully saturated rings. The first kappa shape index (κ1) is 15.3. The Labute approximate surface area is 122 Å². The van der Waals surface area contributed by atoms with Gasteiger partial charge in [-0.05, 0) is 24.1 Å². The second-order valence-electron chi connectivity index (χ2n) is 5.32. The van der Waals surface area contributed by atoms with E-state index in [1.807, 2.05) is 17.0 Å². The predicted molar refractivity (Wildman–Crippen MR) is 75.6 cm³/mol. The number of hydrogen-bond donors (Lipinski definition) is 3. The number of ether oxygens (including phenoxy) is 1. The van der Waals surface area contributed by atoms with Crippen LogP contribution in [0.5, 0.6) is 5.75 Å². The largest absolute Gasteiger partial charge is 0.484 e. The van der Waals surface area contributed by atoms with Crippen LogP contribution in [0.3, 0.4) is 0 Å². The Morgan fingerprint density at radius 2 is 2.00 bits per heavy atom. The Kier molecular flexibility index (Phi) is 4.44. The van der Waals surface area contributed by atoms with E-state index < -0.39 is 17.4 Å². The smallest absolute Gasteiger partial charge is 0.325 e. The molecule has 1 heterocycles. The molecule has 0 bridgehead atoms. The summed E-state index contributed by atoms with van der Waals surface area (Å²) in [6, 6.07) is 7.24. The van der Waals surface area contributed by atoms with E-state index in [9.17, 15) is 9.59 Å². The Morgan fingerprint density at radius 3 is 2.52 bits per heavy atom. The van der Waals surface area contributed by atoms with E-state index in [4.69, 9.17) is 21.3 Å². The molecule has 7 heteroatoms. The number of hydrogen-bond acceptors (Lipinski definition) is 5. The first-order valence-electron chi connectivity index (χ1n) is 6.64. The zero-order valence-corrected chi connectivity index (χ0v) is 11.6. The van der Waals surface area contributed by atoms with Crippen molar-refractivity contribution < 1.29 is 19.4 Å². The van der Waals surface area contributed by atoms with Crippen molar-refractivity contribution in [2.45, 2.75) is 18.5 Å². The normalized spacial score (nSPS) is 22.1. The second kappa shape index (κ2) is 6.11. The van der Waals surface area contributed by atoms with Gasteiger partial charge >= 0.3 is 5.97 Å². The van der Waals surface area contributed by atoms with Crippen molar-refractivity contribution in [2.75, 3.05) is 19.7 Å². The Bertz CT molecular complexity index is 532. The van der Waals surface area contributed by atoms with Gasteiger partial charge in [-0.3, -0.25) is 14.5 Å². The lowest BCUT2D eigenvalue weighted by Gasteiger charge is -2.20. The van der Waals surface area contributed by atoms with Gasteiger partial charge in [-0.2, -0.15) is 0 Å². The fraction of sp³-hybridized carbons (Fsp3) is 0.429. The van der Waals surface area contributed by atoms with Gasteiger partial charge in [0.15, 0.2) is 6.61 Å². The van der Waals surface area contributed by atoms with Crippen LogP contribution in [0.15, 0.2) is 24.3 Å². The average Bonchev–Trinajstić information content (AvgIpc) is 2.81. The number of likely N-dealkylation sites (tertiary alicyclic amines) is 1. The van der Waals surface area contributed by atoms with Gasteiger partial charge < -0.3 is 21.3 Å². The number of aliphatic carboxylic acids is 1. The van der Waals surface area contributed by atoms with Crippen LogP contribution in [-0.2, 0) is 16.1 Å². The van der Waals surface area contributed by atoms with Crippen LogP contribution in [0.2, 0.25) is 0 Å². The lowest BCUT2D eigenvalue weighted by molar-refractivity contribution is -0.142. The highest BCUT2D eigenvalue weighted by atomic mass is 16.5. The van der Waals surface area contributed by atoms with Crippen LogP contribution >= 0.6 is 0 Å². The zero-order chi connectivity index (χ0) is 15.5. The third-order valence-electron chi connectivity index (χ3n) is 3.52. The minimum Gasteiger partial charge on any atom is -0.484 e. The Balaban J connectivity index is 1.89. The molecule has 0 saturated carbocycles. The van der Waals surface area contributed by atoms with E-state index >= 15 is 0 Å². The van der Waals surface area contributed by atoms with Gasteiger partial charge in [-0.25, -0.2) is 0 Å². The van der Waals surface area contributed by atoms with Crippen LogP contribution in [0, 0.1) is 0 Å². The highest BCUT2D eigenvalue weighted by Gasteiger charge is 2.40. The van der Waals surface area contributed by atoms with Crippen molar-refractivity contribution in [3.8, 4) is 5.75 Å². The van der Waals surface area contributed by atoms with Gasteiger partial charge in [0.2, 0.25) is 0 Å². The summed E-state index contributed by atoms with van der Waals surface area (Å²) in [6.45, 7) is 1.47. The summed E-state index contributed by atoms with van der Waals surface area (Å²) in [6.07, 6.45) is 0.447. The summed E-state index contributed by atoms with van der Waals surface area (Å²) in [7, 11) is 0. The van der Waals surface area contributed by atoms with Crippen molar-refractivity contribution >= 4 is 11.9 Å². The summed E-state index contributed by atoms with van der Waals surface area (Å²) in [5, 5.41) is 9.09. The van der Waals surface area contributed by atoms with Gasteiger partial charge in [-0.15, -0.1) is 0 Å². The molecule has 7 nitrogen and oxygen atoms in total. The van der Waals surface area contributed by atoms with Gasteiger partial charge in [0.25, 0.3) is 5.91 Å². The standard InChI is InChI=1S/C14H19N3O4/c15-12(18)8-21-11-3-1-10(2-4-11)7-17-6-5-14(16,9-17)13(19)20/h1-4H,5-9,16H2,(H2,15,18)(H,19,20). The summed E-state index contributed by atoms with van der Waals surface area (Å²) in [4.78, 5) is 23.7. The molecule has 1 unspecified atom stereocenters. The molecule has 1 saturated heterocycles. The zero-order valence-electron chi connectivity index (χ0n) is 11.6. The molecule has 0 spiro atoms. The van der Waals surface area contributed by atoms with E-state index in [1.165, 1.54) is 0 Å². The number of nitrogens with zero attached hydrogens (tertiary/aromatic N) is 1. The minimum atomic E-state index is -1.15. The second-order valence-corrected chi connectivity index (χ2v) is 5.32. The molecule has 0 aliphatic carbocycles. The van der Waals surface area contributed by atoms with Crippen molar-refractivity contribution in [1.82, 2.24) is 4.90 Å². The molecule has 114 valence electrons. The number of amides is 1. The number of carboxylic acids is 1. The van der Waals surface area contributed by atoms with Crippen LogP contribution in [0.1, 0.15) is 12.0 Å². The third-order valence-corrected chi connectivity index (χ3v) is 3.52. The quantitative estimate of drug-likeness (QED) is 0.653. The van der Waals surface area contributed by atoms with Crippen LogP contribution in [0.4, 0.5) is 0 Å². The summed E-state index contributed by atoms with van der Waals surface area (Å²) in [5.74, 6) is -0.915. The summed E-state index contributed by atoms with van der Waals surface area (Å²) in [5.41, 5.74) is 10.7. The fourth-order valence-corrected chi connectivity index (χ4v) is 2.33. The number of carbonyl (C=O) groups excluding carboxylic acids is 1. The molecule has 0 aromatic heterocycles. The maximum atomic E-state index is 11.1. The van der Waals surface area contributed by atoms with Gasteiger partial charge in [0.1, 0.15) is 11.3 Å². The van der Waals surface area contributed by atoms with E-state index in [2.05, 4.69) is 0 Å². The minimum absolute atomic E-state index is 0.153. The molecular formula is C14H19N3O4. The Hall–Kier alpha value is -2.12. The maximum absolute atomic E-state index is 11.1. The van der Waals surface area contributed by atoms with Crippen LogP contribution < -0.4 is 16.2 Å². The van der Waals surface area contributed by atoms with Crippen molar-refractivity contribution in [2.24, 2.45) is 11.5 Å². The molecule has 1 aliphatic rings. The van der Waals surface area contributed by atoms with Crippen molar-refractivity contribution in [3.05, 3.63) is 29.8 Å². The number of carboxylic acid groups (broad SMARTS) is 1. The predicted octanol–water partition coefficient (Wildman–Crippen LogP) is -0.461. The molecule has 1 atom stereocenters. The highest BCUT2D eigenvalue weighted by molar-refractivity contribution is 5.79. The number of primary amides is 1. The Morgan fingerprint density at radius 1 is 1.33 bits per heavy atom. The topological polar surface area (TPSA) is 119 Å². The van der Waals surface area contributed by atoms with E-state index in [1.54, 1.807) is 12.1 Å². The molecule has 1 aromatic carbocycles. The van der Waals surface area contributed by atoms with Crippen molar-refractivity contribution in [3.63, 3.8) is 0 Å². The number of carbonyl (C=O) groups is 2. The van der Waals surface area contributed by atoms with E-state index in [0.717, 1.165) is 5.56 Å². The summed E-state index contributed by atoms with van der Waals surface area (Å²) < 4.78 is 5.17. The molecule has 1 aromatic rings. The fourth-order valence-electron chi connectivity index (χ4n) is 2.33. The first-order chi connectivity index (χ1) is 9.89.